The number of aryl methyl sites for hydroxylation is 2. The minimum atomic E-state index is -0.290. The molecule has 3 aromatic carbocycles. The van der Waals surface area contributed by atoms with Gasteiger partial charge in [-0.2, -0.15) is 0 Å². The summed E-state index contributed by atoms with van der Waals surface area (Å²) in [4.78, 5) is 12.6. The summed E-state index contributed by atoms with van der Waals surface area (Å²) < 4.78 is 18.8. The number of hydrogen-bond donors (Lipinski definition) is 1. The summed E-state index contributed by atoms with van der Waals surface area (Å²) in [6, 6.07) is 19.0. The molecular formula is C22H20FNO2. The van der Waals surface area contributed by atoms with E-state index in [9.17, 15) is 9.18 Å². The van der Waals surface area contributed by atoms with Crippen LogP contribution >= 0.6 is 0 Å². The van der Waals surface area contributed by atoms with Gasteiger partial charge in [-0.1, -0.05) is 30.3 Å². The number of amides is 1. The second-order valence-electron chi connectivity index (χ2n) is 6.16. The molecule has 0 spiro atoms. The standard InChI is InChI=1S/C22H20FNO2/c1-15-7-12-19(13-16(15)2)24-22(25)20-5-3-4-6-21(20)26-14-17-8-10-18(23)11-9-17/h3-13H,14H2,1-2H3,(H,24,25). The first kappa shape index (κ1) is 17.7. The van der Waals surface area contributed by atoms with E-state index in [1.165, 1.54) is 17.7 Å². The van der Waals surface area contributed by atoms with Crippen LogP contribution in [0.15, 0.2) is 66.7 Å². The molecule has 0 unspecified atom stereocenters. The molecule has 0 heterocycles. The molecule has 0 aliphatic rings. The van der Waals surface area contributed by atoms with Crippen LogP contribution in [0.1, 0.15) is 27.0 Å². The van der Waals surface area contributed by atoms with Crippen molar-refractivity contribution in [3.05, 3.63) is 94.8 Å². The lowest BCUT2D eigenvalue weighted by Gasteiger charge is -2.12. The highest BCUT2D eigenvalue weighted by Crippen LogP contribution is 2.22. The summed E-state index contributed by atoms with van der Waals surface area (Å²) in [5, 5.41) is 2.90. The predicted molar refractivity (Wildman–Crippen MR) is 101 cm³/mol. The van der Waals surface area contributed by atoms with Crippen molar-refractivity contribution in [3.8, 4) is 5.75 Å². The summed E-state index contributed by atoms with van der Waals surface area (Å²) in [7, 11) is 0. The van der Waals surface area contributed by atoms with Crippen LogP contribution in [0, 0.1) is 19.7 Å². The second-order valence-corrected chi connectivity index (χ2v) is 6.16. The fourth-order valence-corrected chi connectivity index (χ4v) is 2.54. The molecule has 4 heteroatoms. The van der Waals surface area contributed by atoms with Gasteiger partial charge in [-0.05, 0) is 66.9 Å². The average molecular weight is 349 g/mol. The number of nitrogens with one attached hydrogen (secondary N) is 1. The number of para-hydroxylation sites is 1. The Morgan fingerprint density at radius 2 is 1.69 bits per heavy atom. The molecular weight excluding hydrogens is 329 g/mol. The van der Waals surface area contributed by atoms with Crippen molar-refractivity contribution in [2.24, 2.45) is 0 Å². The van der Waals surface area contributed by atoms with Gasteiger partial charge in [0, 0.05) is 5.69 Å². The van der Waals surface area contributed by atoms with Gasteiger partial charge >= 0.3 is 0 Å². The third-order valence-corrected chi connectivity index (χ3v) is 4.20. The molecule has 26 heavy (non-hydrogen) atoms. The predicted octanol–water partition coefficient (Wildman–Crippen LogP) is 5.27. The lowest BCUT2D eigenvalue weighted by atomic mass is 10.1. The van der Waals surface area contributed by atoms with Crippen molar-refractivity contribution in [2.75, 3.05) is 5.32 Å². The Morgan fingerprint density at radius 3 is 2.42 bits per heavy atom. The van der Waals surface area contributed by atoms with Gasteiger partial charge in [0.05, 0.1) is 5.56 Å². The molecule has 3 rings (SSSR count). The van der Waals surface area contributed by atoms with Crippen molar-refractivity contribution in [1.82, 2.24) is 0 Å². The van der Waals surface area contributed by atoms with E-state index in [0.29, 0.717) is 11.3 Å². The normalized spacial score (nSPS) is 10.4. The highest BCUT2D eigenvalue weighted by atomic mass is 19.1. The van der Waals surface area contributed by atoms with Gasteiger partial charge in [0.1, 0.15) is 18.2 Å². The van der Waals surface area contributed by atoms with E-state index in [2.05, 4.69) is 5.32 Å². The number of carbonyl (C=O) groups excluding carboxylic acids is 1. The Hall–Kier alpha value is -3.14. The van der Waals surface area contributed by atoms with Crippen molar-refractivity contribution >= 4 is 11.6 Å². The first-order chi connectivity index (χ1) is 12.5. The van der Waals surface area contributed by atoms with Gasteiger partial charge in [0.15, 0.2) is 0 Å². The molecule has 1 N–H and O–H groups in total. The number of halogens is 1. The molecule has 1 amide bonds. The topological polar surface area (TPSA) is 38.3 Å². The third-order valence-electron chi connectivity index (χ3n) is 4.20. The Balaban J connectivity index is 1.74. The molecule has 0 saturated carbocycles. The van der Waals surface area contributed by atoms with Gasteiger partial charge in [-0.25, -0.2) is 4.39 Å². The summed E-state index contributed by atoms with van der Waals surface area (Å²) >= 11 is 0. The Bertz CT molecular complexity index is 920. The first-order valence-electron chi connectivity index (χ1n) is 8.38. The largest absolute Gasteiger partial charge is 0.488 e. The van der Waals surface area contributed by atoms with E-state index in [4.69, 9.17) is 4.74 Å². The molecule has 0 fully saturated rings. The van der Waals surface area contributed by atoms with Crippen molar-refractivity contribution in [2.45, 2.75) is 20.5 Å². The molecule has 0 saturated heterocycles. The molecule has 3 aromatic rings. The number of rotatable bonds is 5. The monoisotopic (exact) mass is 349 g/mol. The second kappa shape index (κ2) is 7.83. The molecule has 0 radical (unpaired) electrons. The minimum Gasteiger partial charge on any atom is -0.488 e. The van der Waals surface area contributed by atoms with Gasteiger partial charge in [0.2, 0.25) is 0 Å². The van der Waals surface area contributed by atoms with Crippen LogP contribution < -0.4 is 10.1 Å². The number of hydrogen-bond acceptors (Lipinski definition) is 2. The highest BCUT2D eigenvalue weighted by molar-refractivity contribution is 6.06. The zero-order valence-corrected chi connectivity index (χ0v) is 14.8. The SMILES string of the molecule is Cc1ccc(NC(=O)c2ccccc2OCc2ccc(F)cc2)cc1C. The van der Waals surface area contributed by atoms with Crippen molar-refractivity contribution in [3.63, 3.8) is 0 Å². The molecule has 0 aliphatic heterocycles. The molecule has 132 valence electrons. The van der Waals surface area contributed by atoms with E-state index in [0.717, 1.165) is 16.8 Å². The van der Waals surface area contributed by atoms with Gasteiger partial charge in [0.25, 0.3) is 5.91 Å². The van der Waals surface area contributed by atoms with Crippen LogP contribution in [0.5, 0.6) is 5.75 Å². The summed E-state index contributed by atoms with van der Waals surface area (Å²) in [5.74, 6) is -0.0389. The van der Waals surface area contributed by atoms with E-state index < -0.39 is 0 Å². The van der Waals surface area contributed by atoms with Gasteiger partial charge in [-0.15, -0.1) is 0 Å². The molecule has 0 aliphatic carbocycles. The summed E-state index contributed by atoms with van der Waals surface area (Å²) in [6.07, 6.45) is 0. The zero-order chi connectivity index (χ0) is 18.5. The summed E-state index contributed by atoms with van der Waals surface area (Å²) in [6.45, 7) is 4.29. The Morgan fingerprint density at radius 1 is 0.962 bits per heavy atom. The maximum absolute atomic E-state index is 13.0. The first-order valence-corrected chi connectivity index (χ1v) is 8.38. The molecule has 3 nitrogen and oxygen atoms in total. The van der Waals surface area contributed by atoms with E-state index in [1.54, 1.807) is 30.3 Å². The smallest absolute Gasteiger partial charge is 0.259 e. The average Bonchev–Trinajstić information content (AvgIpc) is 2.64. The number of ether oxygens (including phenoxy) is 1. The maximum atomic E-state index is 13.0. The van der Waals surface area contributed by atoms with Gasteiger partial charge in [-0.3, -0.25) is 4.79 Å². The van der Waals surface area contributed by atoms with E-state index >= 15 is 0 Å². The fourth-order valence-electron chi connectivity index (χ4n) is 2.54. The number of benzene rings is 3. The zero-order valence-electron chi connectivity index (χ0n) is 14.8. The van der Waals surface area contributed by atoms with Gasteiger partial charge < -0.3 is 10.1 Å². The summed E-state index contributed by atoms with van der Waals surface area (Å²) in [5.41, 5.74) is 4.31. The lowest BCUT2D eigenvalue weighted by Crippen LogP contribution is -2.13. The minimum absolute atomic E-state index is 0.233. The quantitative estimate of drug-likeness (QED) is 0.681. The van der Waals surface area contributed by atoms with Crippen LogP contribution in [-0.4, -0.2) is 5.91 Å². The van der Waals surface area contributed by atoms with Crippen molar-refractivity contribution in [1.29, 1.82) is 0 Å². The Kier molecular flexibility index (Phi) is 5.32. The number of carbonyl (C=O) groups is 1. The van der Waals surface area contributed by atoms with E-state index in [-0.39, 0.29) is 18.3 Å². The van der Waals surface area contributed by atoms with Crippen molar-refractivity contribution < 1.29 is 13.9 Å². The molecule has 0 aromatic heterocycles. The lowest BCUT2D eigenvalue weighted by molar-refractivity contribution is 0.102. The van der Waals surface area contributed by atoms with Crippen LogP contribution in [0.3, 0.4) is 0 Å². The third kappa shape index (κ3) is 4.28. The van der Waals surface area contributed by atoms with E-state index in [1.807, 2.05) is 38.1 Å². The maximum Gasteiger partial charge on any atom is 0.259 e. The number of anilines is 1. The Labute approximate surface area is 152 Å². The molecule has 0 bridgehead atoms. The highest BCUT2D eigenvalue weighted by Gasteiger charge is 2.13. The van der Waals surface area contributed by atoms with Crippen LogP contribution in [0.2, 0.25) is 0 Å². The van der Waals surface area contributed by atoms with Crippen LogP contribution in [-0.2, 0) is 6.61 Å². The van der Waals surface area contributed by atoms with Crippen LogP contribution in [0.4, 0.5) is 10.1 Å². The molecule has 0 atom stereocenters. The fraction of sp³-hybridized carbons (Fsp3) is 0.136. The van der Waals surface area contributed by atoms with Crippen LogP contribution in [0.25, 0.3) is 0 Å².